The van der Waals surface area contributed by atoms with E-state index >= 15 is 0 Å². The van der Waals surface area contributed by atoms with Crippen molar-refractivity contribution in [3.05, 3.63) is 0 Å². The van der Waals surface area contributed by atoms with Crippen LogP contribution < -0.4 is 17.2 Å². The number of nitrogens with two attached hydrogens (primary N) is 3. The summed E-state index contributed by atoms with van der Waals surface area (Å²) in [5.74, 6) is 0. The highest BCUT2D eigenvalue weighted by Gasteiger charge is 2.56. The third-order valence-electron chi connectivity index (χ3n) is 4.16. The molecule has 0 atom stereocenters. The molecule has 7 N–H and O–H groups in total. The van der Waals surface area contributed by atoms with Gasteiger partial charge in [-0.05, 0) is 66.6 Å². The molecule has 30 heavy (non-hydrogen) atoms. The molecule has 0 spiro atoms. The Balaban J connectivity index is 5.96. The van der Waals surface area contributed by atoms with E-state index in [0.29, 0.717) is 77.4 Å². The van der Waals surface area contributed by atoms with Gasteiger partial charge in [0.15, 0.2) is 0 Å². The van der Waals surface area contributed by atoms with Crippen molar-refractivity contribution in [2.45, 2.75) is 65.1 Å². The molecule has 0 aromatic heterocycles. The molecular formula is C17H45N3O7Si3. The molecular weight excluding hydrogens is 442 g/mol. The van der Waals surface area contributed by atoms with Crippen molar-refractivity contribution in [1.29, 1.82) is 0 Å². The summed E-state index contributed by atoms with van der Waals surface area (Å²) in [6, 6.07) is 1.25. The molecule has 0 aliphatic rings. The second kappa shape index (κ2) is 16.8. The van der Waals surface area contributed by atoms with Crippen LogP contribution in [0.2, 0.25) is 18.1 Å². The van der Waals surface area contributed by atoms with Crippen molar-refractivity contribution >= 4 is 26.4 Å². The average molecular weight is 488 g/mol. The Morgan fingerprint density at radius 1 is 0.567 bits per heavy atom. The van der Waals surface area contributed by atoms with Crippen molar-refractivity contribution in [1.82, 2.24) is 0 Å². The zero-order valence-electron chi connectivity index (χ0n) is 19.3. The largest absolute Gasteiger partial charge is 0.493 e. The van der Waals surface area contributed by atoms with Gasteiger partial charge in [-0.2, -0.15) is 0 Å². The van der Waals surface area contributed by atoms with E-state index in [1.165, 1.54) is 0 Å². The predicted molar refractivity (Wildman–Crippen MR) is 124 cm³/mol. The molecule has 0 aliphatic heterocycles. The average Bonchev–Trinajstić information content (AvgIpc) is 2.70. The van der Waals surface area contributed by atoms with E-state index in [4.69, 9.17) is 43.1 Å². The van der Waals surface area contributed by atoms with Crippen molar-refractivity contribution in [2.75, 3.05) is 46.1 Å². The Morgan fingerprint density at radius 2 is 0.867 bits per heavy atom. The van der Waals surface area contributed by atoms with E-state index in [0.717, 1.165) is 0 Å². The van der Waals surface area contributed by atoms with Gasteiger partial charge in [0.05, 0.1) is 0 Å². The van der Waals surface area contributed by atoms with Crippen LogP contribution >= 0.6 is 0 Å². The molecule has 0 aliphatic carbocycles. The molecule has 0 saturated heterocycles. The summed E-state index contributed by atoms with van der Waals surface area (Å²) < 4.78 is 36.6. The third kappa shape index (κ3) is 11.2. The Kier molecular flexibility index (Phi) is 17.0. The monoisotopic (exact) mass is 487 g/mol. The molecule has 0 fully saturated rings. The molecule has 182 valence electrons. The fourth-order valence-electron chi connectivity index (χ4n) is 3.04. The number of hydrogen-bond acceptors (Lipinski definition) is 10. The molecule has 0 rings (SSSR count). The van der Waals surface area contributed by atoms with E-state index < -0.39 is 26.4 Å². The Bertz CT molecular complexity index is 386. The van der Waals surface area contributed by atoms with Gasteiger partial charge in [0, 0.05) is 44.6 Å². The van der Waals surface area contributed by atoms with E-state index in [1.54, 1.807) is 0 Å². The summed E-state index contributed by atoms with van der Waals surface area (Å²) in [7, 11) is -10.3. The minimum atomic E-state index is -3.83. The summed E-state index contributed by atoms with van der Waals surface area (Å²) in [5.41, 5.74) is 17.2. The van der Waals surface area contributed by atoms with Crippen LogP contribution in [-0.4, -0.2) is 77.3 Å². The summed E-state index contributed by atoms with van der Waals surface area (Å²) >= 11 is 0. The van der Waals surface area contributed by atoms with Gasteiger partial charge in [0.25, 0.3) is 0 Å². The standard InChI is InChI=1S/C17H45N3O7Si3/c1-5-22-29(23-6-2,16-10-13-19)26-28(21,15-9-12-18)27-30(24-7-3,25-8-4)17-11-14-20/h21H,5-20H2,1-4H3. The molecule has 10 nitrogen and oxygen atoms in total. The van der Waals surface area contributed by atoms with Gasteiger partial charge in [-0.25, -0.2) is 0 Å². The smallest absolute Gasteiger partial charge is 0.391 e. The summed E-state index contributed by atoms with van der Waals surface area (Å²) in [6.07, 6.45) is 1.84. The van der Waals surface area contributed by atoms with Crippen LogP contribution in [0, 0.1) is 0 Å². The maximum absolute atomic E-state index is 11.6. The predicted octanol–water partition coefficient (Wildman–Crippen LogP) is 1.02. The van der Waals surface area contributed by atoms with Crippen LogP contribution in [0.5, 0.6) is 0 Å². The highest BCUT2D eigenvalue weighted by atomic mass is 28.5. The van der Waals surface area contributed by atoms with Crippen molar-refractivity contribution in [3.8, 4) is 0 Å². The summed E-state index contributed by atoms with van der Waals surface area (Å²) in [5, 5.41) is 0. The first-order valence-corrected chi connectivity index (χ1v) is 17.0. The van der Waals surface area contributed by atoms with Crippen molar-refractivity contribution < 1.29 is 30.7 Å². The van der Waals surface area contributed by atoms with E-state index in [2.05, 4.69) is 0 Å². The zero-order valence-corrected chi connectivity index (χ0v) is 22.3. The molecule has 13 heteroatoms. The van der Waals surface area contributed by atoms with Crippen LogP contribution in [0.25, 0.3) is 0 Å². The summed E-state index contributed by atoms with van der Waals surface area (Å²) in [4.78, 5) is 11.6. The molecule has 0 aromatic carbocycles. The van der Waals surface area contributed by atoms with Gasteiger partial charge in [0.1, 0.15) is 0 Å². The van der Waals surface area contributed by atoms with Crippen molar-refractivity contribution in [3.63, 3.8) is 0 Å². The quantitative estimate of drug-likeness (QED) is 0.172. The third-order valence-corrected chi connectivity index (χ3v) is 15.0. The van der Waals surface area contributed by atoms with Crippen LogP contribution in [-0.2, 0) is 25.9 Å². The van der Waals surface area contributed by atoms with Crippen LogP contribution in [0.1, 0.15) is 47.0 Å². The second-order valence-corrected chi connectivity index (χ2v) is 15.1. The first-order valence-electron chi connectivity index (χ1n) is 11.1. The number of hydrogen-bond donors (Lipinski definition) is 4. The van der Waals surface area contributed by atoms with Gasteiger partial charge in [-0.3, -0.25) is 0 Å². The molecule has 0 amide bonds. The van der Waals surface area contributed by atoms with Gasteiger partial charge in [0.2, 0.25) is 0 Å². The molecule has 0 radical (unpaired) electrons. The highest BCUT2D eigenvalue weighted by Crippen LogP contribution is 2.30. The Labute approximate surface area is 185 Å². The van der Waals surface area contributed by atoms with Gasteiger partial charge >= 0.3 is 26.4 Å². The maximum Gasteiger partial charge on any atom is 0.493 e. The van der Waals surface area contributed by atoms with Crippen LogP contribution in [0.4, 0.5) is 0 Å². The lowest BCUT2D eigenvalue weighted by Gasteiger charge is -2.40. The minimum absolute atomic E-state index is 0.262. The Hall–Kier alpha value is 0.251. The highest BCUT2D eigenvalue weighted by molar-refractivity contribution is 6.80. The normalized spacial score (nSPS) is 13.2. The number of rotatable bonds is 21. The molecule has 0 heterocycles. The first kappa shape index (κ1) is 30.3. The lowest BCUT2D eigenvalue weighted by atomic mass is 10.5. The van der Waals surface area contributed by atoms with E-state index in [9.17, 15) is 4.80 Å². The lowest BCUT2D eigenvalue weighted by molar-refractivity contribution is 0.0537. The molecule has 0 unspecified atom stereocenters. The van der Waals surface area contributed by atoms with E-state index in [1.807, 2.05) is 27.7 Å². The minimum Gasteiger partial charge on any atom is -0.391 e. The summed E-state index contributed by atoms with van der Waals surface area (Å²) in [6.45, 7) is 10.4. The molecule has 0 saturated carbocycles. The zero-order chi connectivity index (χ0) is 22.9. The molecule has 0 bridgehead atoms. The fourth-order valence-corrected chi connectivity index (χ4v) is 14.5. The fraction of sp³-hybridized carbons (Fsp3) is 1.00. The first-order chi connectivity index (χ1) is 14.3. The van der Waals surface area contributed by atoms with Gasteiger partial charge in [-0.15, -0.1) is 0 Å². The lowest BCUT2D eigenvalue weighted by Crippen LogP contribution is -2.63. The second-order valence-electron chi connectivity index (χ2n) is 6.69. The van der Waals surface area contributed by atoms with Gasteiger partial charge in [-0.1, -0.05) is 0 Å². The topological polar surface area (TPSA) is 154 Å². The molecule has 0 aromatic rings. The Morgan fingerprint density at radius 3 is 1.13 bits per heavy atom. The maximum atomic E-state index is 11.6. The van der Waals surface area contributed by atoms with E-state index in [-0.39, 0.29) is 6.04 Å². The SMILES string of the molecule is CCO[Si](CCCN)(OCC)O[Si](O)(CCCN)O[Si](CCCN)(OCC)OCC. The van der Waals surface area contributed by atoms with Crippen LogP contribution in [0.3, 0.4) is 0 Å². The van der Waals surface area contributed by atoms with Crippen molar-refractivity contribution in [2.24, 2.45) is 17.2 Å². The van der Waals surface area contributed by atoms with Gasteiger partial charge < -0.3 is 47.9 Å². The van der Waals surface area contributed by atoms with Crippen LogP contribution in [0.15, 0.2) is 0 Å².